The number of nitrogens with two attached hydrogens (primary N) is 1. The molecule has 2 aromatic rings. The summed E-state index contributed by atoms with van der Waals surface area (Å²) in [5, 5.41) is 0. The van der Waals surface area contributed by atoms with Crippen molar-refractivity contribution >= 4 is 5.69 Å². The predicted molar refractivity (Wildman–Crippen MR) is 64.7 cm³/mol. The maximum atomic E-state index is 5.73. The number of hydrogen-bond acceptors (Lipinski definition) is 4. The van der Waals surface area contributed by atoms with Crippen molar-refractivity contribution in [1.82, 2.24) is 0 Å². The summed E-state index contributed by atoms with van der Waals surface area (Å²) in [5.74, 6) is 1.50. The molecule has 2 rings (SSSR count). The van der Waals surface area contributed by atoms with Crippen LogP contribution in [0, 0.1) is 0 Å². The third kappa shape index (κ3) is 3.53. The van der Waals surface area contributed by atoms with Gasteiger partial charge in [0.05, 0.1) is 18.6 Å². The summed E-state index contributed by atoms with van der Waals surface area (Å²) in [6, 6.07) is 11.1. The van der Waals surface area contributed by atoms with Crippen LogP contribution >= 0.6 is 0 Å². The summed E-state index contributed by atoms with van der Waals surface area (Å²) in [6.45, 7) is 1.42. The minimum Gasteiger partial charge on any atom is -0.489 e. The Kier molecular flexibility index (Phi) is 4.05. The molecule has 0 bridgehead atoms. The second-order valence-electron chi connectivity index (χ2n) is 3.52. The molecule has 90 valence electrons. The van der Waals surface area contributed by atoms with Crippen molar-refractivity contribution in [2.45, 2.75) is 6.61 Å². The Morgan fingerprint density at radius 2 is 1.94 bits per heavy atom. The molecular weight excluding hydrogens is 218 g/mol. The Hall–Kier alpha value is -1.94. The van der Waals surface area contributed by atoms with Crippen LogP contribution in [0.15, 0.2) is 47.1 Å². The van der Waals surface area contributed by atoms with E-state index in [1.807, 2.05) is 30.3 Å². The van der Waals surface area contributed by atoms with E-state index in [4.69, 9.17) is 19.6 Å². The predicted octanol–water partition coefficient (Wildman–Crippen LogP) is 2.46. The molecule has 0 amide bonds. The van der Waals surface area contributed by atoms with Gasteiger partial charge in [0, 0.05) is 0 Å². The lowest BCUT2D eigenvalue weighted by Crippen LogP contribution is -2.07. The van der Waals surface area contributed by atoms with Crippen LogP contribution in [0.25, 0.3) is 0 Å². The minimum atomic E-state index is 0.459. The second-order valence-corrected chi connectivity index (χ2v) is 3.52. The van der Waals surface area contributed by atoms with Crippen LogP contribution < -0.4 is 10.5 Å². The zero-order chi connectivity index (χ0) is 11.9. The molecule has 1 heterocycles. The van der Waals surface area contributed by atoms with Crippen LogP contribution in [0.5, 0.6) is 5.75 Å². The lowest BCUT2D eigenvalue weighted by molar-refractivity contribution is 0.0783. The molecule has 0 unspecified atom stereocenters. The third-order valence-electron chi connectivity index (χ3n) is 2.23. The summed E-state index contributed by atoms with van der Waals surface area (Å²) < 4.78 is 16.0. The molecule has 1 aromatic carbocycles. The van der Waals surface area contributed by atoms with Gasteiger partial charge in [-0.15, -0.1) is 0 Å². The molecule has 0 aliphatic carbocycles. The summed E-state index contributed by atoms with van der Waals surface area (Å²) in [4.78, 5) is 0. The highest BCUT2D eigenvalue weighted by molar-refractivity contribution is 5.51. The van der Waals surface area contributed by atoms with Crippen molar-refractivity contribution in [2.24, 2.45) is 0 Å². The average molecular weight is 233 g/mol. The average Bonchev–Trinajstić information content (AvgIpc) is 2.84. The molecule has 1 aromatic heterocycles. The monoisotopic (exact) mass is 233 g/mol. The fraction of sp³-hybridized carbons (Fsp3) is 0.231. The van der Waals surface area contributed by atoms with Gasteiger partial charge < -0.3 is 19.6 Å². The minimum absolute atomic E-state index is 0.459. The quantitative estimate of drug-likeness (QED) is 0.615. The topological polar surface area (TPSA) is 57.6 Å². The van der Waals surface area contributed by atoms with Crippen LogP contribution in [0.2, 0.25) is 0 Å². The molecule has 0 spiro atoms. The van der Waals surface area contributed by atoms with E-state index in [9.17, 15) is 0 Å². The van der Waals surface area contributed by atoms with Crippen LogP contribution in [-0.4, -0.2) is 13.2 Å². The van der Waals surface area contributed by atoms with Gasteiger partial charge >= 0.3 is 0 Å². The normalized spacial score (nSPS) is 10.4. The highest BCUT2D eigenvalue weighted by Crippen LogP contribution is 2.19. The van der Waals surface area contributed by atoms with Gasteiger partial charge in [-0.1, -0.05) is 12.1 Å². The van der Waals surface area contributed by atoms with Crippen LogP contribution in [0.4, 0.5) is 5.69 Å². The summed E-state index contributed by atoms with van der Waals surface area (Å²) in [5.41, 5.74) is 6.37. The van der Waals surface area contributed by atoms with E-state index in [-0.39, 0.29) is 0 Å². The smallest absolute Gasteiger partial charge is 0.142 e. The standard InChI is InChI=1S/C13H15NO3/c14-12-5-1-2-6-13(12)17-9-8-15-10-11-4-3-7-16-11/h1-7H,8-10,14H2. The van der Waals surface area contributed by atoms with Gasteiger partial charge in [0.2, 0.25) is 0 Å². The molecule has 0 saturated carbocycles. The van der Waals surface area contributed by atoms with E-state index in [1.165, 1.54) is 0 Å². The van der Waals surface area contributed by atoms with Gasteiger partial charge in [-0.2, -0.15) is 0 Å². The van der Waals surface area contributed by atoms with E-state index in [0.717, 1.165) is 5.76 Å². The van der Waals surface area contributed by atoms with Crippen molar-refractivity contribution in [3.63, 3.8) is 0 Å². The van der Waals surface area contributed by atoms with Crippen LogP contribution in [-0.2, 0) is 11.3 Å². The Morgan fingerprint density at radius 1 is 1.06 bits per heavy atom. The first-order chi connectivity index (χ1) is 8.36. The number of nitrogen functional groups attached to an aromatic ring is 1. The number of ether oxygens (including phenoxy) is 2. The van der Waals surface area contributed by atoms with Crippen LogP contribution in [0.1, 0.15) is 5.76 Å². The Balaban J connectivity index is 1.65. The fourth-order valence-corrected chi connectivity index (χ4v) is 1.39. The fourth-order valence-electron chi connectivity index (χ4n) is 1.39. The van der Waals surface area contributed by atoms with Crippen molar-refractivity contribution in [3.05, 3.63) is 48.4 Å². The number of rotatable bonds is 6. The largest absolute Gasteiger partial charge is 0.489 e. The zero-order valence-corrected chi connectivity index (χ0v) is 9.46. The number of para-hydroxylation sites is 2. The van der Waals surface area contributed by atoms with Gasteiger partial charge in [0.15, 0.2) is 0 Å². The zero-order valence-electron chi connectivity index (χ0n) is 9.46. The first kappa shape index (κ1) is 11.5. The van der Waals surface area contributed by atoms with E-state index in [1.54, 1.807) is 12.3 Å². The molecule has 0 radical (unpaired) electrons. The highest BCUT2D eigenvalue weighted by atomic mass is 16.5. The maximum Gasteiger partial charge on any atom is 0.142 e. The Morgan fingerprint density at radius 3 is 2.71 bits per heavy atom. The molecule has 17 heavy (non-hydrogen) atoms. The molecule has 4 heteroatoms. The van der Waals surface area contributed by atoms with Gasteiger partial charge in [0.1, 0.15) is 24.7 Å². The van der Waals surface area contributed by atoms with Gasteiger partial charge in [-0.25, -0.2) is 0 Å². The third-order valence-corrected chi connectivity index (χ3v) is 2.23. The summed E-state index contributed by atoms with van der Waals surface area (Å²) >= 11 is 0. The maximum absolute atomic E-state index is 5.73. The number of hydrogen-bond donors (Lipinski definition) is 1. The van der Waals surface area contributed by atoms with Gasteiger partial charge in [-0.05, 0) is 24.3 Å². The van der Waals surface area contributed by atoms with Gasteiger partial charge in [0.25, 0.3) is 0 Å². The molecule has 0 aliphatic heterocycles. The van der Waals surface area contributed by atoms with Gasteiger partial charge in [-0.3, -0.25) is 0 Å². The first-order valence-electron chi connectivity index (χ1n) is 5.43. The molecule has 0 saturated heterocycles. The molecule has 4 nitrogen and oxygen atoms in total. The molecular formula is C13H15NO3. The lowest BCUT2D eigenvalue weighted by Gasteiger charge is -2.08. The Bertz CT molecular complexity index is 440. The van der Waals surface area contributed by atoms with Crippen molar-refractivity contribution < 1.29 is 13.9 Å². The summed E-state index contributed by atoms with van der Waals surface area (Å²) in [6.07, 6.45) is 1.62. The number of anilines is 1. The molecule has 0 fully saturated rings. The first-order valence-corrected chi connectivity index (χ1v) is 5.43. The lowest BCUT2D eigenvalue weighted by atomic mass is 10.3. The van der Waals surface area contributed by atoms with E-state index >= 15 is 0 Å². The summed E-state index contributed by atoms with van der Waals surface area (Å²) in [7, 11) is 0. The van der Waals surface area contributed by atoms with Crippen molar-refractivity contribution in [3.8, 4) is 5.75 Å². The highest BCUT2D eigenvalue weighted by Gasteiger charge is 1.99. The molecule has 2 N–H and O–H groups in total. The number of benzene rings is 1. The Labute approximate surface area is 99.9 Å². The number of furan rings is 1. The van der Waals surface area contributed by atoms with E-state index in [2.05, 4.69) is 0 Å². The van der Waals surface area contributed by atoms with E-state index < -0.39 is 0 Å². The van der Waals surface area contributed by atoms with Crippen molar-refractivity contribution in [2.75, 3.05) is 18.9 Å². The second kappa shape index (κ2) is 5.96. The van der Waals surface area contributed by atoms with Crippen molar-refractivity contribution in [1.29, 1.82) is 0 Å². The van der Waals surface area contributed by atoms with Crippen LogP contribution in [0.3, 0.4) is 0 Å². The molecule has 0 aliphatic rings. The molecule has 0 atom stereocenters. The van der Waals surface area contributed by atoms with E-state index in [0.29, 0.717) is 31.3 Å². The SMILES string of the molecule is Nc1ccccc1OCCOCc1ccco1.